The van der Waals surface area contributed by atoms with Crippen LogP contribution in [0, 0.1) is 5.82 Å². The number of rotatable bonds is 5. The van der Waals surface area contributed by atoms with Crippen LogP contribution in [-0.4, -0.2) is 33.0 Å². The monoisotopic (exact) mass is 397 g/mol. The lowest BCUT2D eigenvalue weighted by Gasteiger charge is -2.25. The molecule has 0 bridgehead atoms. The molecule has 0 radical (unpaired) electrons. The number of hydrogen-bond donors (Lipinski definition) is 0. The number of carbonyl (C=O) groups is 1. The lowest BCUT2D eigenvalue weighted by atomic mass is 10.1. The summed E-state index contributed by atoms with van der Waals surface area (Å²) in [5.74, 6) is 1.16. The molecule has 1 amide bonds. The number of carbonyl (C=O) groups excluding carboxylic acids is 1. The molecule has 8 heteroatoms. The Morgan fingerprint density at radius 1 is 1.12 bits per heavy atom. The average Bonchev–Trinajstić information content (AvgIpc) is 3.04. The van der Waals surface area contributed by atoms with Crippen LogP contribution in [0.1, 0.15) is 10.9 Å². The molecule has 1 aliphatic rings. The summed E-state index contributed by atoms with van der Waals surface area (Å²) >= 11 is 7.35. The van der Waals surface area contributed by atoms with Gasteiger partial charge in [-0.15, -0.1) is 11.8 Å². The molecule has 1 atom stereocenters. The van der Waals surface area contributed by atoms with Crippen molar-refractivity contribution in [3.05, 3.63) is 46.7 Å². The fourth-order valence-electron chi connectivity index (χ4n) is 2.83. The highest BCUT2D eigenvalue weighted by molar-refractivity contribution is 8.00. The zero-order valence-corrected chi connectivity index (χ0v) is 16.0. The van der Waals surface area contributed by atoms with Crippen LogP contribution in [0.4, 0.5) is 10.1 Å². The van der Waals surface area contributed by atoms with Gasteiger partial charge >= 0.3 is 0 Å². The molecule has 0 aromatic heterocycles. The lowest BCUT2D eigenvalue weighted by Crippen LogP contribution is -2.27. The average molecular weight is 398 g/mol. The Kier molecular flexibility index (Phi) is 5.48. The van der Waals surface area contributed by atoms with E-state index in [9.17, 15) is 9.18 Å². The van der Waals surface area contributed by atoms with Gasteiger partial charge in [0.1, 0.15) is 11.2 Å². The highest BCUT2D eigenvalue weighted by Gasteiger charge is 2.35. The number of thioether (sulfide) groups is 1. The second-order valence-corrected chi connectivity index (χ2v) is 6.96. The number of anilines is 1. The molecule has 0 saturated carbocycles. The summed E-state index contributed by atoms with van der Waals surface area (Å²) in [5.41, 5.74) is 1.33. The molecule has 1 aliphatic heterocycles. The number of halogens is 2. The first-order chi connectivity index (χ1) is 12.5. The topological polar surface area (TPSA) is 48.0 Å². The molecule has 0 N–H and O–H groups in total. The SMILES string of the molecule is COc1cc(C2SCC(=O)N2c2ccc(F)c(Cl)c2)cc(OC)c1OC. The molecular weight excluding hydrogens is 381 g/mol. The van der Waals surface area contributed by atoms with Gasteiger partial charge in [-0.3, -0.25) is 9.69 Å². The molecule has 2 aromatic carbocycles. The number of amides is 1. The van der Waals surface area contributed by atoms with Crippen molar-refractivity contribution in [1.29, 1.82) is 0 Å². The Balaban J connectivity index is 2.07. The Morgan fingerprint density at radius 3 is 2.31 bits per heavy atom. The highest BCUT2D eigenvalue weighted by atomic mass is 35.5. The van der Waals surface area contributed by atoms with Crippen LogP contribution in [0.2, 0.25) is 5.02 Å². The molecule has 0 spiro atoms. The number of nitrogens with zero attached hydrogens (tertiary/aromatic N) is 1. The standard InChI is InChI=1S/C18H17ClFNO4S/c1-23-14-6-10(7-15(24-2)17(14)25-3)18-21(16(22)9-26-18)11-4-5-13(20)12(19)8-11/h4-8,18H,9H2,1-3H3. The first-order valence-electron chi connectivity index (χ1n) is 7.68. The predicted octanol–water partition coefficient (Wildman–Crippen LogP) is 4.28. The van der Waals surface area contributed by atoms with Gasteiger partial charge in [0.05, 0.1) is 32.1 Å². The third kappa shape index (κ3) is 3.29. The molecule has 2 aromatic rings. The van der Waals surface area contributed by atoms with Gasteiger partial charge in [0, 0.05) is 5.69 Å². The summed E-state index contributed by atoms with van der Waals surface area (Å²) in [7, 11) is 4.60. The molecule has 1 saturated heterocycles. The molecule has 138 valence electrons. The van der Waals surface area contributed by atoms with E-state index < -0.39 is 5.82 Å². The van der Waals surface area contributed by atoms with Crippen LogP contribution < -0.4 is 19.1 Å². The fraction of sp³-hybridized carbons (Fsp3) is 0.278. The normalized spacial score (nSPS) is 16.7. The summed E-state index contributed by atoms with van der Waals surface area (Å²) < 4.78 is 29.6. The van der Waals surface area contributed by atoms with Gasteiger partial charge in [-0.2, -0.15) is 0 Å². The van der Waals surface area contributed by atoms with E-state index >= 15 is 0 Å². The van der Waals surface area contributed by atoms with Crippen molar-refractivity contribution in [3.8, 4) is 17.2 Å². The van der Waals surface area contributed by atoms with Crippen LogP contribution in [0.3, 0.4) is 0 Å². The molecule has 5 nitrogen and oxygen atoms in total. The second kappa shape index (κ2) is 7.63. The summed E-state index contributed by atoms with van der Waals surface area (Å²) in [4.78, 5) is 14.1. The van der Waals surface area contributed by atoms with E-state index in [1.807, 2.05) is 0 Å². The van der Waals surface area contributed by atoms with Crippen LogP contribution in [0.15, 0.2) is 30.3 Å². The maximum absolute atomic E-state index is 13.5. The van der Waals surface area contributed by atoms with Gasteiger partial charge in [0.2, 0.25) is 11.7 Å². The molecule has 1 heterocycles. The van der Waals surface area contributed by atoms with E-state index in [-0.39, 0.29) is 16.3 Å². The maximum Gasteiger partial charge on any atom is 0.238 e. The Morgan fingerprint density at radius 2 is 1.77 bits per heavy atom. The van der Waals surface area contributed by atoms with Gasteiger partial charge in [-0.05, 0) is 35.9 Å². The van der Waals surface area contributed by atoms with E-state index in [2.05, 4.69) is 0 Å². The van der Waals surface area contributed by atoms with Crippen LogP contribution in [-0.2, 0) is 4.79 Å². The Labute approximate surface area is 160 Å². The van der Waals surface area contributed by atoms with Crippen molar-refractivity contribution >= 4 is 35.0 Å². The molecule has 0 aliphatic carbocycles. The minimum atomic E-state index is -0.529. The van der Waals surface area contributed by atoms with Crippen molar-refractivity contribution in [2.24, 2.45) is 0 Å². The maximum atomic E-state index is 13.5. The molecular formula is C18H17ClFNO4S. The molecule has 3 rings (SSSR count). The second-order valence-electron chi connectivity index (χ2n) is 5.48. The van der Waals surface area contributed by atoms with Gasteiger partial charge < -0.3 is 14.2 Å². The molecule has 26 heavy (non-hydrogen) atoms. The van der Waals surface area contributed by atoms with Gasteiger partial charge in [-0.1, -0.05) is 11.6 Å². The van der Waals surface area contributed by atoms with E-state index in [0.29, 0.717) is 28.7 Å². The lowest BCUT2D eigenvalue weighted by molar-refractivity contribution is -0.115. The Hall–Kier alpha value is -2.12. The third-order valence-corrected chi connectivity index (χ3v) is 5.52. The number of ether oxygens (including phenoxy) is 3. The van der Waals surface area contributed by atoms with E-state index in [4.69, 9.17) is 25.8 Å². The third-order valence-electron chi connectivity index (χ3n) is 4.02. The molecule has 1 unspecified atom stereocenters. The first-order valence-corrected chi connectivity index (χ1v) is 9.11. The summed E-state index contributed by atoms with van der Waals surface area (Å²) in [6.45, 7) is 0. The highest BCUT2D eigenvalue weighted by Crippen LogP contribution is 2.47. The largest absolute Gasteiger partial charge is 0.493 e. The van der Waals surface area contributed by atoms with E-state index in [1.54, 1.807) is 17.0 Å². The van der Waals surface area contributed by atoms with E-state index in [1.165, 1.54) is 51.3 Å². The number of methoxy groups -OCH3 is 3. The predicted molar refractivity (Wildman–Crippen MR) is 100 cm³/mol. The minimum absolute atomic E-state index is 0.0316. The minimum Gasteiger partial charge on any atom is -0.493 e. The smallest absolute Gasteiger partial charge is 0.238 e. The van der Waals surface area contributed by atoms with Gasteiger partial charge in [0.25, 0.3) is 0 Å². The fourth-order valence-corrected chi connectivity index (χ4v) is 4.16. The summed E-state index contributed by atoms with van der Waals surface area (Å²) in [6.07, 6.45) is 0. The van der Waals surface area contributed by atoms with Gasteiger partial charge in [-0.25, -0.2) is 4.39 Å². The first kappa shape index (κ1) is 18.7. The number of hydrogen-bond acceptors (Lipinski definition) is 5. The Bertz CT molecular complexity index is 823. The van der Waals surface area contributed by atoms with Crippen molar-refractivity contribution in [2.45, 2.75) is 5.37 Å². The summed E-state index contributed by atoms with van der Waals surface area (Å²) in [5, 5.41) is -0.353. The zero-order valence-electron chi connectivity index (χ0n) is 14.4. The van der Waals surface area contributed by atoms with Crippen molar-refractivity contribution in [2.75, 3.05) is 32.0 Å². The van der Waals surface area contributed by atoms with Crippen molar-refractivity contribution in [3.63, 3.8) is 0 Å². The molecule has 1 fully saturated rings. The number of benzene rings is 2. The van der Waals surface area contributed by atoms with Crippen LogP contribution in [0.25, 0.3) is 0 Å². The quantitative estimate of drug-likeness (QED) is 0.753. The van der Waals surface area contributed by atoms with Crippen LogP contribution in [0.5, 0.6) is 17.2 Å². The van der Waals surface area contributed by atoms with Crippen molar-refractivity contribution < 1.29 is 23.4 Å². The van der Waals surface area contributed by atoms with Crippen molar-refractivity contribution in [1.82, 2.24) is 0 Å². The van der Waals surface area contributed by atoms with Crippen LogP contribution >= 0.6 is 23.4 Å². The zero-order chi connectivity index (χ0) is 18.8. The summed E-state index contributed by atoms with van der Waals surface area (Å²) in [6, 6.07) is 7.84. The van der Waals surface area contributed by atoms with E-state index in [0.717, 1.165) is 5.56 Å². The van der Waals surface area contributed by atoms with Gasteiger partial charge in [0.15, 0.2) is 11.5 Å².